The van der Waals surface area contributed by atoms with Crippen LogP contribution in [0, 0.1) is 6.92 Å². The summed E-state index contributed by atoms with van der Waals surface area (Å²) in [5.74, 6) is -0.427. The van der Waals surface area contributed by atoms with E-state index in [0.29, 0.717) is 40.2 Å². The molecule has 2 aromatic rings. The second kappa shape index (κ2) is 5.43. The number of hydrogen-bond donors (Lipinski definition) is 3. The highest BCUT2D eigenvalue weighted by Gasteiger charge is 2.34. The minimum atomic E-state index is -0.246. The second-order valence-corrected chi connectivity index (χ2v) is 5.71. The molecule has 118 valence electrons. The third-order valence-electron chi connectivity index (χ3n) is 4.25. The summed E-state index contributed by atoms with van der Waals surface area (Å²) in [6.07, 6.45) is 0.908. The quantitative estimate of drug-likeness (QED) is 0.646. The molecule has 5 N–H and O–H groups in total. The predicted molar refractivity (Wildman–Crippen MR) is 92.1 cm³/mol. The molecule has 5 nitrogen and oxygen atoms in total. The molecule has 0 heterocycles. The molecule has 2 aromatic carbocycles. The Hall–Kier alpha value is -2.82. The largest absolute Gasteiger partial charge is 0.396 e. The van der Waals surface area contributed by atoms with Gasteiger partial charge in [-0.3, -0.25) is 9.59 Å². The van der Waals surface area contributed by atoms with Gasteiger partial charge >= 0.3 is 0 Å². The van der Waals surface area contributed by atoms with Crippen LogP contribution >= 0.6 is 0 Å². The van der Waals surface area contributed by atoms with Gasteiger partial charge in [0.25, 0.3) is 0 Å². The van der Waals surface area contributed by atoms with Crippen molar-refractivity contribution in [1.29, 1.82) is 0 Å². The van der Waals surface area contributed by atoms with Crippen LogP contribution in [0.25, 0.3) is 0 Å². The zero-order valence-corrected chi connectivity index (χ0v) is 13.2. The highest BCUT2D eigenvalue weighted by atomic mass is 16.1. The fourth-order valence-electron chi connectivity index (χ4n) is 3.06. The Bertz CT molecular complexity index is 841. The molecule has 0 saturated heterocycles. The molecule has 3 rings (SSSR count). The molecule has 0 bridgehead atoms. The molecule has 23 heavy (non-hydrogen) atoms. The van der Waals surface area contributed by atoms with Gasteiger partial charge in [-0.25, -0.2) is 0 Å². The Kier molecular flexibility index (Phi) is 3.56. The Morgan fingerprint density at radius 1 is 0.957 bits per heavy atom. The number of carbonyl (C=O) groups excluding carboxylic acids is 2. The van der Waals surface area contributed by atoms with Crippen molar-refractivity contribution in [3.63, 3.8) is 0 Å². The van der Waals surface area contributed by atoms with E-state index in [4.69, 9.17) is 11.5 Å². The molecule has 1 aliphatic carbocycles. The van der Waals surface area contributed by atoms with Crippen LogP contribution in [0.5, 0.6) is 0 Å². The minimum Gasteiger partial charge on any atom is -0.396 e. The molecule has 0 spiro atoms. The van der Waals surface area contributed by atoms with Crippen molar-refractivity contribution in [2.24, 2.45) is 0 Å². The lowest BCUT2D eigenvalue weighted by Crippen LogP contribution is -2.25. The molecule has 0 aliphatic heterocycles. The van der Waals surface area contributed by atoms with Crippen LogP contribution in [-0.4, -0.2) is 18.1 Å². The van der Waals surface area contributed by atoms with Gasteiger partial charge in [0, 0.05) is 23.2 Å². The first-order chi connectivity index (χ1) is 11.0. The molecule has 0 atom stereocenters. The van der Waals surface area contributed by atoms with E-state index in [1.54, 1.807) is 31.2 Å². The predicted octanol–water partition coefficient (Wildman–Crippen LogP) is 2.76. The van der Waals surface area contributed by atoms with E-state index < -0.39 is 0 Å². The van der Waals surface area contributed by atoms with E-state index in [9.17, 15) is 9.59 Å². The summed E-state index contributed by atoms with van der Waals surface area (Å²) in [4.78, 5) is 25.7. The fraction of sp³-hybridized carbons (Fsp3) is 0.222. The summed E-state index contributed by atoms with van der Waals surface area (Å²) < 4.78 is 0. The highest BCUT2D eigenvalue weighted by Crippen LogP contribution is 2.41. The lowest BCUT2D eigenvalue weighted by Gasteiger charge is -2.25. The maximum atomic E-state index is 12.9. The first-order valence-corrected chi connectivity index (χ1v) is 7.62. The number of ketones is 2. The number of carbonyl (C=O) groups is 2. The molecular formula is C18H19N3O2. The zero-order chi connectivity index (χ0) is 16.7. The zero-order valence-electron chi connectivity index (χ0n) is 13.2. The summed E-state index contributed by atoms with van der Waals surface area (Å²) in [6.45, 7) is 4.54. The number of nitrogens with two attached hydrogens (primary N) is 2. The lowest BCUT2D eigenvalue weighted by atomic mass is 9.80. The monoisotopic (exact) mass is 309 g/mol. The molecule has 0 radical (unpaired) electrons. The van der Waals surface area contributed by atoms with Crippen molar-refractivity contribution in [2.75, 3.05) is 23.3 Å². The summed E-state index contributed by atoms with van der Waals surface area (Å²) >= 11 is 0. The van der Waals surface area contributed by atoms with E-state index in [-0.39, 0.29) is 22.8 Å². The van der Waals surface area contributed by atoms with Crippen molar-refractivity contribution < 1.29 is 9.59 Å². The topological polar surface area (TPSA) is 98.2 Å². The molecule has 0 fully saturated rings. The Morgan fingerprint density at radius 3 is 2.09 bits per heavy atom. The van der Waals surface area contributed by atoms with Crippen LogP contribution < -0.4 is 16.8 Å². The maximum absolute atomic E-state index is 12.9. The molecule has 0 unspecified atom stereocenters. The first-order valence-electron chi connectivity index (χ1n) is 7.62. The molecule has 0 amide bonds. The van der Waals surface area contributed by atoms with Crippen molar-refractivity contribution >= 4 is 28.6 Å². The maximum Gasteiger partial charge on any atom is 0.196 e. The van der Waals surface area contributed by atoms with E-state index in [1.807, 2.05) is 6.92 Å². The van der Waals surface area contributed by atoms with Gasteiger partial charge in [-0.15, -0.1) is 0 Å². The van der Waals surface area contributed by atoms with E-state index in [1.165, 1.54) is 0 Å². The summed E-state index contributed by atoms with van der Waals surface area (Å²) in [5, 5.41) is 3.21. The number of nitrogen functional groups attached to an aromatic ring is 2. The van der Waals surface area contributed by atoms with E-state index >= 15 is 0 Å². The van der Waals surface area contributed by atoms with Gasteiger partial charge in [0.05, 0.1) is 22.6 Å². The van der Waals surface area contributed by atoms with Crippen molar-refractivity contribution in [1.82, 2.24) is 0 Å². The van der Waals surface area contributed by atoms with Gasteiger partial charge in [-0.2, -0.15) is 0 Å². The van der Waals surface area contributed by atoms with Gasteiger partial charge < -0.3 is 16.8 Å². The molecule has 0 aromatic heterocycles. The van der Waals surface area contributed by atoms with Gasteiger partial charge in [0.15, 0.2) is 11.6 Å². The Morgan fingerprint density at radius 2 is 1.52 bits per heavy atom. The van der Waals surface area contributed by atoms with Gasteiger partial charge in [-0.05, 0) is 18.9 Å². The minimum absolute atomic E-state index is 0.178. The van der Waals surface area contributed by atoms with Crippen molar-refractivity contribution in [2.45, 2.75) is 20.3 Å². The van der Waals surface area contributed by atoms with Gasteiger partial charge in [0.2, 0.25) is 0 Å². The summed E-state index contributed by atoms with van der Waals surface area (Å²) in [6, 6.07) is 6.80. The summed E-state index contributed by atoms with van der Waals surface area (Å²) in [7, 11) is 0. The van der Waals surface area contributed by atoms with E-state index in [2.05, 4.69) is 5.32 Å². The molecule has 1 aliphatic rings. The SMILES string of the molecule is CCCNc1c(C)c2c(c(N)c1N)C(=O)c1ccccc1C2=O. The van der Waals surface area contributed by atoms with Crippen LogP contribution in [0.3, 0.4) is 0 Å². The molecule has 0 saturated carbocycles. The number of fused-ring (bicyclic) bond motifs is 2. The van der Waals surface area contributed by atoms with Crippen LogP contribution in [0.1, 0.15) is 50.8 Å². The number of rotatable bonds is 3. The van der Waals surface area contributed by atoms with Crippen LogP contribution in [0.2, 0.25) is 0 Å². The van der Waals surface area contributed by atoms with Crippen LogP contribution in [-0.2, 0) is 0 Å². The normalized spacial score (nSPS) is 12.8. The lowest BCUT2D eigenvalue weighted by molar-refractivity contribution is 0.0979. The van der Waals surface area contributed by atoms with Crippen molar-refractivity contribution in [3.8, 4) is 0 Å². The average Bonchev–Trinajstić information content (AvgIpc) is 2.56. The van der Waals surface area contributed by atoms with Crippen LogP contribution in [0.15, 0.2) is 24.3 Å². The number of benzene rings is 2. The smallest absolute Gasteiger partial charge is 0.196 e. The molecule has 5 heteroatoms. The highest BCUT2D eigenvalue weighted by molar-refractivity contribution is 6.31. The van der Waals surface area contributed by atoms with E-state index in [0.717, 1.165) is 6.42 Å². The van der Waals surface area contributed by atoms with Gasteiger partial charge in [0.1, 0.15) is 0 Å². The third kappa shape index (κ3) is 2.08. The van der Waals surface area contributed by atoms with Crippen LogP contribution in [0.4, 0.5) is 17.1 Å². The number of nitrogens with one attached hydrogen (secondary N) is 1. The average molecular weight is 309 g/mol. The Balaban J connectivity index is 2.30. The second-order valence-electron chi connectivity index (χ2n) is 5.71. The van der Waals surface area contributed by atoms with Gasteiger partial charge in [-0.1, -0.05) is 31.2 Å². The number of anilines is 3. The Labute approximate surface area is 134 Å². The molecular weight excluding hydrogens is 290 g/mol. The standard InChI is InChI=1S/C18H19N3O2/c1-3-8-21-16-9(2)12-13(14(19)15(16)20)18(23)11-7-5-4-6-10(11)17(12)22/h4-7,21H,3,8,19-20H2,1-2H3. The van der Waals surface area contributed by atoms with Crippen molar-refractivity contribution in [3.05, 3.63) is 52.1 Å². The summed E-state index contributed by atoms with van der Waals surface area (Å²) in [5.41, 5.74) is 15.4. The third-order valence-corrected chi connectivity index (χ3v) is 4.25. The first kappa shape index (κ1) is 15.1. The fourth-order valence-corrected chi connectivity index (χ4v) is 3.06. The number of hydrogen-bond acceptors (Lipinski definition) is 5.